The van der Waals surface area contributed by atoms with E-state index in [-0.39, 0.29) is 12.1 Å². The highest BCUT2D eigenvalue weighted by molar-refractivity contribution is 5.91. The molecule has 1 amide bonds. The molecule has 29 heavy (non-hydrogen) atoms. The predicted molar refractivity (Wildman–Crippen MR) is 112 cm³/mol. The van der Waals surface area contributed by atoms with Crippen molar-refractivity contribution in [1.29, 1.82) is 5.26 Å². The molecule has 148 valence electrons. The number of unbranched alkanes of at least 4 members (excludes halogenated alkanes) is 2. The maximum atomic E-state index is 13.0. The van der Waals surface area contributed by atoms with E-state index in [1.54, 1.807) is 48.5 Å². The molecular formula is C22H22N4O3. The van der Waals surface area contributed by atoms with Gasteiger partial charge >= 0.3 is 5.69 Å². The van der Waals surface area contributed by atoms with Crippen LogP contribution >= 0.6 is 0 Å². The third-order valence-corrected chi connectivity index (χ3v) is 4.69. The van der Waals surface area contributed by atoms with Gasteiger partial charge in [-0.2, -0.15) is 5.26 Å². The highest BCUT2D eigenvalue weighted by Gasteiger charge is 2.15. The summed E-state index contributed by atoms with van der Waals surface area (Å²) in [4.78, 5) is 38.3. The lowest BCUT2D eigenvalue weighted by Gasteiger charge is -2.14. The maximum absolute atomic E-state index is 13.0. The predicted octanol–water partition coefficient (Wildman–Crippen LogP) is 2.86. The van der Waals surface area contributed by atoms with E-state index in [1.165, 1.54) is 9.13 Å². The lowest BCUT2D eigenvalue weighted by atomic mass is 10.2. The SMILES string of the molecule is CCCCCn1c(=O)c2ccccc2n(CC(=O)Nc2cccc(C#N)c2)c1=O. The van der Waals surface area contributed by atoms with E-state index in [9.17, 15) is 14.4 Å². The van der Waals surface area contributed by atoms with Crippen molar-refractivity contribution in [2.75, 3.05) is 5.32 Å². The number of aromatic nitrogens is 2. The summed E-state index contributed by atoms with van der Waals surface area (Å²) in [6.45, 7) is 2.14. The molecule has 1 N–H and O–H groups in total. The summed E-state index contributed by atoms with van der Waals surface area (Å²) in [5.74, 6) is -0.411. The monoisotopic (exact) mass is 390 g/mol. The van der Waals surface area contributed by atoms with Crippen LogP contribution in [0.25, 0.3) is 10.9 Å². The van der Waals surface area contributed by atoms with Crippen LogP contribution in [0.1, 0.15) is 31.7 Å². The van der Waals surface area contributed by atoms with E-state index in [1.807, 2.05) is 13.0 Å². The van der Waals surface area contributed by atoms with Gasteiger partial charge in [0.05, 0.1) is 22.5 Å². The first-order valence-corrected chi connectivity index (χ1v) is 9.57. The second kappa shape index (κ2) is 9.02. The number of amides is 1. The molecule has 0 aliphatic carbocycles. The molecule has 0 fully saturated rings. The zero-order valence-corrected chi connectivity index (χ0v) is 16.2. The lowest BCUT2D eigenvalue weighted by molar-refractivity contribution is -0.116. The summed E-state index contributed by atoms with van der Waals surface area (Å²) in [5.41, 5.74) is 0.499. The average Bonchev–Trinajstić information content (AvgIpc) is 2.73. The highest BCUT2D eigenvalue weighted by atomic mass is 16.2. The Hall–Kier alpha value is -3.66. The minimum Gasteiger partial charge on any atom is -0.324 e. The fourth-order valence-electron chi connectivity index (χ4n) is 3.25. The van der Waals surface area contributed by atoms with Gasteiger partial charge in [0.15, 0.2) is 0 Å². The molecule has 7 heteroatoms. The molecule has 1 heterocycles. The van der Waals surface area contributed by atoms with Gasteiger partial charge in [-0.1, -0.05) is 38.0 Å². The molecule has 0 aliphatic heterocycles. The number of nitrogens with zero attached hydrogens (tertiary/aromatic N) is 3. The molecule has 0 radical (unpaired) electrons. The molecule has 0 atom stereocenters. The van der Waals surface area contributed by atoms with Crippen LogP contribution in [-0.4, -0.2) is 15.0 Å². The van der Waals surface area contributed by atoms with Crippen molar-refractivity contribution in [1.82, 2.24) is 9.13 Å². The molecule has 0 spiro atoms. The highest BCUT2D eigenvalue weighted by Crippen LogP contribution is 2.11. The van der Waals surface area contributed by atoms with Crippen molar-refractivity contribution in [3.8, 4) is 6.07 Å². The smallest absolute Gasteiger partial charge is 0.324 e. The summed E-state index contributed by atoms with van der Waals surface area (Å²) in [5, 5.41) is 12.1. The van der Waals surface area contributed by atoms with Gasteiger partial charge in [-0.25, -0.2) is 4.79 Å². The second-order valence-electron chi connectivity index (χ2n) is 6.79. The number of benzene rings is 2. The number of anilines is 1. The van der Waals surface area contributed by atoms with Crippen molar-refractivity contribution in [3.63, 3.8) is 0 Å². The summed E-state index contributed by atoms with van der Waals surface area (Å²) >= 11 is 0. The Bertz CT molecular complexity index is 1200. The summed E-state index contributed by atoms with van der Waals surface area (Å²) in [7, 11) is 0. The number of fused-ring (bicyclic) bond motifs is 1. The number of nitrogens with one attached hydrogen (secondary N) is 1. The largest absolute Gasteiger partial charge is 0.331 e. The van der Waals surface area contributed by atoms with Crippen LogP contribution in [0.3, 0.4) is 0 Å². The first-order chi connectivity index (χ1) is 14.0. The van der Waals surface area contributed by atoms with Crippen LogP contribution < -0.4 is 16.6 Å². The van der Waals surface area contributed by atoms with E-state index in [0.29, 0.717) is 28.7 Å². The number of para-hydroxylation sites is 1. The summed E-state index contributed by atoms with van der Waals surface area (Å²) in [6, 6.07) is 15.4. The number of carbonyl (C=O) groups excluding carboxylic acids is 1. The average molecular weight is 390 g/mol. The Morgan fingerprint density at radius 3 is 2.62 bits per heavy atom. The molecule has 3 rings (SSSR count). The lowest BCUT2D eigenvalue weighted by Crippen LogP contribution is -2.41. The Balaban J connectivity index is 1.97. The Labute approximate surface area is 167 Å². The number of nitriles is 1. The quantitative estimate of drug-likeness (QED) is 0.627. The van der Waals surface area contributed by atoms with E-state index in [2.05, 4.69) is 5.32 Å². The molecule has 1 aromatic heterocycles. The van der Waals surface area contributed by atoms with E-state index >= 15 is 0 Å². The molecule has 3 aromatic rings. The number of hydrogen-bond donors (Lipinski definition) is 1. The molecule has 0 saturated heterocycles. The van der Waals surface area contributed by atoms with Crippen LogP contribution in [0.15, 0.2) is 58.1 Å². The first-order valence-electron chi connectivity index (χ1n) is 9.57. The summed E-state index contributed by atoms with van der Waals surface area (Å²) < 4.78 is 2.54. The standard InChI is InChI=1S/C22H22N4O3/c1-2-3-6-12-25-21(28)18-10-4-5-11-19(18)26(22(25)29)15-20(27)24-17-9-7-8-16(13-17)14-23/h4-5,7-11,13H,2-3,6,12,15H2,1H3,(H,24,27). The third-order valence-electron chi connectivity index (χ3n) is 4.69. The number of hydrogen-bond acceptors (Lipinski definition) is 4. The van der Waals surface area contributed by atoms with E-state index in [4.69, 9.17) is 5.26 Å². The molecule has 0 aliphatic rings. The minimum absolute atomic E-state index is 0.232. The molecule has 2 aromatic carbocycles. The fourth-order valence-corrected chi connectivity index (χ4v) is 3.25. The van der Waals surface area contributed by atoms with Crippen molar-refractivity contribution in [2.24, 2.45) is 0 Å². The Morgan fingerprint density at radius 2 is 1.86 bits per heavy atom. The zero-order chi connectivity index (χ0) is 20.8. The fraction of sp³-hybridized carbons (Fsp3) is 0.273. The molecular weight excluding hydrogens is 368 g/mol. The molecule has 0 saturated carbocycles. The third kappa shape index (κ3) is 4.43. The summed E-state index contributed by atoms with van der Waals surface area (Å²) in [6.07, 6.45) is 2.60. The van der Waals surface area contributed by atoms with Crippen LogP contribution in [0, 0.1) is 11.3 Å². The van der Waals surface area contributed by atoms with Gasteiger partial charge in [0.25, 0.3) is 5.56 Å². The Kier molecular flexibility index (Phi) is 6.25. The van der Waals surface area contributed by atoms with Gasteiger partial charge in [0.1, 0.15) is 6.54 Å². The van der Waals surface area contributed by atoms with Crippen molar-refractivity contribution in [3.05, 3.63) is 74.9 Å². The topological polar surface area (TPSA) is 96.9 Å². The van der Waals surface area contributed by atoms with Crippen molar-refractivity contribution in [2.45, 2.75) is 39.3 Å². The second-order valence-corrected chi connectivity index (χ2v) is 6.79. The maximum Gasteiger partial charge on any atom is 0.331 e. The van der Waals surface area contributed by atoms with E-state index < -0.39 is 11.6 Å². The van der Waals surface area contributed by atoms with Crippen molar-refractivity contribution < 1.29 is 4.79 Å². The van der Waals surface area contributed by atoms with Gasteiger partial charge in [0, 0.05) is 12.2 Å². The van der Waals surface area contributed by atoms with Crippen molar-refractivity contribution >= 4 is 22.5 Å². The van der Waals surface area contributed by atoms with Crippen LogP contribution in [-0.2, 0) is 17.9 Å². The minimum atomic E-state index is -0.495. The van der Waals surface area contributed by atoms with Crippen LogP contribution in [0.4, 0.5) is 5.69 Å². The first kappa shape index (κ1) is 20.1. The molecule has 0 bridgehead atoms. The van der Waals surface area contributed by atoms with E-state index in [0.717, 1.165) is 19.3 Å². The van der Waals surface area contributed by atoms with Crippen LogP contribution in [0.2, 0.25) is 0 Å². The zero-order valence-electron chi connectivity index (χ0n) is 16.2. The normalized spacial score (nSPS) is 10.6. The Morgan fingerprint density at radius 1 is 1.07 bits per heavy atom. The number of carbonyl (C=O) groups is 1. The molecule has 0 unspecified atom stereocenters. The van der Waals surface area contributed by atoms with Gasteiger partial charge in [0.2, 0.25) is 5.91 Å². The molecule has 7 nitrogen and oxygen atoms in total. The number of rotatable bonds is 7. The van der Waals surface area contributed by atoms with Gasteiger partial charge in [-0.15, -0.1) is 0 Å². The van der Waals surface area contributed by atoms with Crippen LogP contribution in [0.5, 0.6) is 0 Å². The van der Waals surface area contributed by atoms with Gasteiger partial charge < -0.3 is 5.32 Å². The van der Waals surface area contributed by atoms with Gasteiger partial charge in [-0.3, -0.25) is 18.7 Å². The van der Waals surface area contributed by atoms with Gasteiger partial charge in [-0.05, 0) is 36.8 Å².